The number of alkyl halides is 3. The predicted molar refractivity (Wildman–Crippen MR) is 65.4 cm³/mol. The first-order valence-corrected chi connectivity index (χ1v) is 7.35. The molecule has 0 radical (unpaired) electrons. The summed E-state index contributed by atoms with van der Waals surface area (Å²) in [5.41, 5.74) is -4.63. The zero-order valence-corrected chi connectivity index (χ0v) is 11.1. The third kappa shape index (κ3) is 3.02. The van der Waals surface area contributed by atoms with Crippen molar-refractivity contribution in [2.24, 2.45) is 11.8 Å². The first kappa shape index (κ1) is 14.2. The maximum atomic E-state index is 12.3. The number of anilines is 1. The van der Waals surface area contributed by atoms with Gasteiger partial charge in [-0.15, -0.1) is 0 Å². The summed E-state index contributed by atoms with van der Waals surface area (Å²) >= 11 is 0. The standard InChI is InChI=1S/C12H14F3NO2S/c1-8-6-9(8)7-16-10-2-4-11(5-3-10)19(17,18)12(13,14)15/h2-5,8-9,16H,6-7H2,1H3. The first-order valence-electron chi connectivity index (χ1n) is 5.87. The van der Waals surface area contributed by atoms with Crippen molar-refractivity contribution in [1.82, 2.24) is 0 Å². The van der Waals surface area contributed by atoms with E-state index in [4.69, 9.17) is 0 Å². The third-order valence-corrected chi connectivity index (χ3v) is 4.82. The highest BCUT2D eigenvalue weighted by molar-refractivity contribution is 7.92. The van der Waals surface area contributed by atoms with Crippen LogP contribution in [0, 0.1) is 11.8 Å². The minimum atomic E-state index is -5.26. The third-order valence-electron chi connectivity index (χ3n) is 3.31. The Bertz CT molecular complexity index is 551. The topological polar surface area (TPSA) is 46.2 Å². The summed E-state index contributed by atoms with van der Waals surface area (Å²) in [6.07, 6.45) is 1.15. The van der Waals surface area contributed by atoms with Crippen molar-refractivity contribution in [3.8, 4) is 0 Å². The average molecular weight is 293 g/mol. The minimum Gasteiger partial charge on any atom is -0.385 e. The van der Waals surface area contributed by atoms with Gasteiger partial charge in [-0.3, -0.25) is 0 Å². The van der Waals surface area contributed by atoms with E-state index in [0.717, 1.165) is 25.1 Å². The Kier molecular flexibility index (Phi) is 3.51. The predicted octanol–water partition coefficient (Wildman–Crippen LogP) is 3.05. The van der Waals surface area contributed by atoms with E-state index in [1.807, 2.05) is 0 Å². The van der Waals surface area contributed by atoms with Crippen molar-refractivity contribution in [3.05, 3.63) is 24.3 Å². The first-order chi connectivity index (χ1) is 8.72. The summed E-state index contributed by atoms with van der Waals surface area (Å²) in [5.74, 6) is 1.27. The Morgan fingerprint density at radius 2 is 1.79 bits per heavy atom. The second kappa shape index (κ2) is 4.70. The van der Waals surface area contributed by atoms with Gasteiger partial charge in [0.15, 0.2) is 0 Å². The van der Waals surface area contributed by atoms with Crippen LogP contribution in [0.25, 0.3) is 0 Å². The van der Waals surface area contributed by atoms with Gasteiger partial charge in [0.25, 0.3) is 9.84 Å². The van der Waals surface area contributed by atoms with E-state index in [1.165, 1.54) is 12.1 Å². The molecule has 0 aliphatic heterocycles. The smallest absolute Gasteiger partial charge is 0.385 e. The van der Waals surface area contributed by atoms with Gasteiger partial charge >= 0.3 is 5.51 Å². The lowest BCUT2D eigenvalue weighted by Gasteiger charge is -2.09. The quantitative estimate of drug-likeness (QED) is 0.928. The molecule has 0 amide bonds. The van der Waals surface area contributed by atoms with Gasteiger partial charge < -0.3 is 5.32 Å². The fraction of sp³-hybridized carbons (Fsp3) is 0.500. The molecule has 1 aliphatic carbocycles. The Morgan fingerprint density at radius 3 is 2.21 bits per heavy atom. The van der Waals surface area contributed by atoms with Gasteiger partial charge in [-0.05, 0) is 42.5 Å². The van der Waals surface area contributed by atoms with Crippen LogP contribution >= 0.6 is 0 Å². The molecule has 1 aromatic carbocycles. The van der Waals surface area contributed by atoms with Crippen molar-refractivity contribution in [2.75, 3.05) is 11.9 Å². The van der Waals surface area contributed by atoms with Crippen LogP contribution in [0.4, 0.5) is 18.9 Å². The van der Waals surface area contributed by atoms with E-state index in [2.05, 4.69) is 12.2 Å². The molecule has 0 heterocycles. The second-order valence-corrected chi connectivity index (χ2v) is 6.77. The SMILES string of the molecule is CC1CC1CNc1ccc(S(=O)(=O)C(F)(F)F)cc1. The maximum Gasteiger partial charge on any atom is 0.501 e. The molecular weight excluding hydrogens is 279 g/mol. The van der Waals surface area contributed by atoms with Crippen molar-refractivity contribution >= 4 is 15.5 Å². The zero-order chi connectivity index (χ0) is 14.3. The number of nitrogens with one attached hydrogen (secondary N) is 1. The molecule has 106 valence electrons. The fourth-order valence-electron chi connectivity index (χ4n) is 1.82. The number of hydrogen-bond donors (Lipinski definition) is 1. The normalized spacial score (nSPS) is 23.2. The summed E-state index contributed by atoms with van der Waals surface area (Å²) in [5, 5.41) is 3.08. The van der Waals surface area contributed by atoms with E-state index in [9.17, 15) is 21.6 Å². The van der Waals surface area contributed by atoms with Crippen LogP contribution < -0.4 is 5.32 Å². The summed E-state index contributed by atoms with van der Waals surface area (Å²) in [7, 11) is -5.25. The number of sulfone groups is 1. The van der Waals surface area contributed by atoms with Gasteiger partial charge in [0, 0.05) is 12.2 Å². The van der Waals surface area contributed by atoms with Crippen LogP contribution in [-0.2, 0) is 9.84 Å². The monoisotopic (exact) mass is 293 g/mol. The number of rotatable bonds is 4. The van der Waals surface area contributed by atoms with E-state index >= 15 is 0 Å². The van der Waals surface area contributed by atoms with Crippen LogP contribution in [0.15, 0.2) is 29.2 Å². The molecule has 3 nitrogen and oxygen atoms in total. The molecule has 1 fully saturated rings. The zero-order valence-electron chi connectivity index (χ0n) is 10.2. The second-order valence-electron chi connectivity index (χ2n) is 4.83. The van der Waals surface area contributed by atoms with Crippen LogP contribution in [0.3, 0.4) is 0 Å². The number of benzene rings is 1. The molecule has 0 bridgehead atoms. The Hall–Kier alpha value is -1.24. The maximum absolute atomic E-state index is 12.3. The summed E-state index contributed by atoms with van der Waals surface area (Å²) in [6.45, 7) is 2.89. The molecule has 1 saturated carbocycles. The fourth-order valence-corrected chi connectivity index (χ4v) is 2.58. The van der Waals surface area contributed by atoms with Crippen molar-refractivity contribution < 1.29 is 21.6 Å². The highest BCUT2D eigenvalue weighted by atomic mass is 32.2. The van der Waals surface area contributed by atoms with Crippen molar-refractivity contribution in [2.45, 2.75) is 23.7 Å². The molecule has 1 N–H and O–H groups in total. The molecule has 7 heteroatoms. The Morgan fingerprint density at radius 1 is 1.26 bits per heavy atom. The highest BCUT2D eigenvalue weighted by Crippen LogP contribution is 2.37. The van der Waals surface area contributed by atoms with Crippen LogP contribution in [0.5, 0.6) is 0 Å². The molecule has 19 heavy (non-hydrogen) atoms. The molecule has 1 aliphatic rings. The van der Waals surface area contributed by atoms with E-state index in [0.29, 0.717) is 17.5 Å². The molecule has 0 aromatic heterocycles. The summed E-state index contributed by atoms with van der Waals surface area (Å²) in [4.78, 5) is -0.731. The summed E-state index contributed by atoms with van der Waals surface area (Å²) in [6, 6.07) is 4.65. The van der Waals surface area contributed by atoms with Crippen molar-refractivity contribution in [3.63, 3.8) is 0 Å². The van der Waals surface area contributed by atoms with E-state index in [1.54, 1.807) is 0 Å². The van der Waals surface area contributed by atoms with Gasteiger partial charge in [-0.2, -0.15) is 13.2 Å². The molecule has 0 spiro atoms. The van der Waals surface area contributed by atoms with E-state index in [-0.39, 0.29) is 0 Å². The lowest BCUT2D eigenvalue weighted by molar-refractivity contribution is -0.0436. The van der Waals surface area contributed by atoms with Crippen molar-refractivity contribution in [1.29, 1.82) is 0 Å². The van der Waals surface area contributed by atoms with Gasteiger partial charge in [0.2, 0.25) is 0 Å². The van der Waals surface area contributed by atoms with Crippen LogP contribution in [0.1, 0.15) is 13.3 Å². The average Bonchev–Trinajstić information content (AvgIpc) is 3.02. The number of halogens is 3. The van der Waals surface area contributed by atoms with E-state index < -0.39 is 20.2 Å². The number of hydrogen-bond acceptors (Lipinski definition) is 3. The minimum absolute atomic E-state index is 0.596. The highest BCUT2D eigenvalue weighted by Gasteiger charge is 2.46. The summed E-state index contributed by atoms with van der Waals surface area (Å²) < 4.78 is 59.2. The molecule has 1 aromatic rings. The Labute approximate surface area is 109 Å². The molecular formula is C12H14F3NO2S. The molecule has 2 atom stereocenters. The molecule has 0 saturated heterocycles. The van der Waals surface area contributed by atoms with Gasteiger partial charge in [0.05, 0.1) is 4.90 Å². The lowest BCUT2D eigenvalue weighted by Crippen LogP contribution is -2.23. The Balaban J connectivity index is 2.06. The van der Waals surface area contributed by atoms with Crippen LogP contribution in [-0.4, -0.2) is 20.5 Å². The molecule has 2 rings (SSSR count). The van der Waals surface area contributed by atoms with Gasteiger partial charge in [-0.1, -0.05) is 6.92 Å². The lowest BCUT2D eigenvalue weighted by atomic mass is 10.3. The van der Waals surface area contributed by atoms with Gasteiger partial charge in [0.1, 0.15) is 0 Å². The van der Waals surface area contributed by atoms with Crippen LogP contribution in [0.2, 0.25) is 0 Å². The van der Waals surface area contributed by atoms with Gasteiger partial charge in [-0.25, -0.2) is 8.42 Å². The largest absolute Gasteiger partial charge is 0.501 e. The molecule has 2 unspecified atom stereocenters.